The van der Waals surface area contributed by atoms with Crippen LogP contribution < -0.4 is 4.74 Å². The summed E-state index contributed by atoms with van der Waals surface area (Å²) in [4.78, 5) is 14.6. The maximum atomic E-state index is 11.1. The number of benzene rings is 1. The Kier molecular flexibility index (Phi) is 4.43. The number of nitrogens with zero attached hydrogens (tertiary/aromatic N) is 4. The first-order valence-electron chi connectivity index (χ1n) is 6.14. The van der Waals surface area contributed by atoms with Gasteiger partial charge in [0.2, 0.25) is 0 Å². The van der Waals surface area contributed by atoms with Crippen LogP contribution in [0.3, 0.4) is 0 Å². The van der Waals surface area contributed by atoms with Crippen LogP contribution in [-0.2, 0) is 0 Å². The molecule has 0 bridgehead atoms. The van der Waals surface area contributed by atoms with Gasteiger partial charge in [0.05, 0.1) is 33.5 Å². The van der Waals surface area contributed by atoms with Crippen molar-refractivity contribution in [1.82, 2.24) is 14.8 Å². The highest BCUT2D eigenvalue weighted by atomic mass is 127. The van der Waals surface area contributed by atoms with Crippen LogP contribution in [0.1, 0.15) is 0 Å². The lowest BCUT2D eigenvalue weighted by atomic mass is 10.2. The fraction of sp³-hybridized carbons (Fsp3) is 0.0769. The van der Waals surface area contributed by atoms with E-state index >= 15 is 0 Å². The molecule has 2 heterocycles. The fourth-order valence-electron chi connectivity index (χ4n) is 2.13. The predicted octanol–water partition coefficient (Wildman–Crippen LogP) is 4.36. The van der Waals surface area contributed by atoms with E-state index in [1.54, 1.807) is 23.0 Å². The van der Waals surface area contributed by atoms with Gasteiger partial charge in [-0.15, -0.1) is 0 Å². The Morgan fingerprint density at radius 3 is 2.83 bits per heavy atom. The monoisotopic (exact) mass is 508 g/mol. The topological polar surface area (TPSA) is 83.1 Å². The number of methoxy groups -OCH3 is 1. The Bertz CT molecular complexity index is 947. The van der Waals surface area contributed by atoms with Gasteiger partial charge in [-0.3, -0.25) is 10.1 Å². The molecular weight excluding hydrogens is 502 g/mol. The van der Waals surface area contributed by atoms with Gasteiger partial charge in [0.15, 0.2) is 5.75 Å². The van der Waals surface area contributed by atoms with Crippen LogP contribution in [0.2, 0.25) is 5.15 Å². The van der Waals surface area contributed by atoms with Crippen molar-refractivity contribution in [2.45, 2.75) is 0 Å². The molecule has 0 saturated heterocycles. The third kappa shape index (κ3) is 2.88. The van der Waals surface area contributed by atoms with E-state index in [1.807, 2.05) is 0 Å². The zero-order chi connectivity index (χ0) is 16.7. The molecule has 3 aromatic rings. The molecule has 0 amide bonds. The highest BCUT2D eigenvalue weighted by Crippen LogP contribution is 2.36. The van der Waals surface area contributed by atoms with Crippen LogP contribution in [0.15, 0.2) is 28.9 Å². The number of hydrogen-bond acceptors (Lipinski definition) is 5. The Labute approximate surface area is 157 Å². The van der Waals surface area contributed by atoms with E-state index in [4.69, 9.17) is 16.3 Å². The van der Waals surface area contributed by atoms with E-state index in [2.05, 4.69) is 48.6 Å². The summed E-state index contributed by atoms with van der Waals surface area (Å²) in [5.74, 6) is 0.327. The van der Waals surface area contributed by atoms with Crippen molar-refractivity contribution >= 4 is 66.7 Å². The van der Waals surface area contributed by atoms with Crippen LogP contribution in [0.4, 0.5) is 5.69 Å². The molecule has 3 rings (SSSR count). The summed E-state index contributed by atoms with van der Waals surface area (Å²) in [5, 5.41) is 16.7. The van der Waals surface area contributed by atoms with Crippen molar-refractivity contribution < 1.29 is 9.66 Å². The number of aromatic nitrogens is 3. The number of ether oxygens (including phenoxy) is 1. The van der Waals surface area contributed by atoms with Gasteiger partial charge in [0.1, 0.15) is 14.5 Å². The van der Waals surface area contributed by atoms with Crippen LogP contribution in [0.25, 0.3) is 16.6 Å². The summed E-state index contributed by atoms with van der Waals surface area (Å²) in [7, 11) is 1.45. The second-order valence-corrected chi connectivity index (χ2v) is 6.72. The molecule has 0 aliphatic carbocycles. The van der Waals surface area contributed by atoms with Gasteiger partial charge in [-0.2, -0.15) is 5.10 Å². The van der Waals surface area contributed by atoms with Crippen LogP contribution in [0, 0.1) is 13.8 Å². The van der Waals surface area contributed by atoms with Gasteiger partial charge in [-0.05, 0) is 44.6 Å². The molecule has 0 aliphatic heterocycles. The molecule has 0 radical (unpaired) electrons. The standard InChI is InChI=1S/C13H7BrClIN4O3/c1-23-11-3-9(20(21)22)7(14)2-10(11)19-8-4-12(15)17-5-6(8)13(16)18-19/h2-5H,1H3. The first-order valence-corrected chi connectivity index (χ1v) is 8.39. The number of rotatable bonds is 3. The molecule has 10 heteroatoms. The van der Waals surface area contributed by atoms with Gasteiger partial charge in [0, 0.05) is 12.3 Å². The maximum Gasteiger partial charge on any atom is 0.287 e. The van der Waals surface area contributed by atoms with E-state index in [0.29, 0.717) is 21.1 Å². The zero-order valence-corrected chi connectivity index (χ0v) is 16.0. The Hall–Kier alpha value is -1.46. The summed E-state index contributed by atoms with van der Waals surface area (Å²) >= 11 is 11.3. The summed E-state index contributed by atoms with van der Waals surface area (Å²) in [6.45, 7) is 0. The number of pyridine rings is 1. The molecule has 0 fully saturated rings. The Balaban J connectivity index is 2.32. The average molecular weight is 509 g/mol. The lowest BCUT2D eigenvalue weighted by Gasteiger charge is -2.10. The lowest BCUT2D eigenvalue weighted by molar-refractivity contribution is -0.385. The minimum Gasteiger partial charge on any atom is -0.494 e. The van der Waals surface area contributed by atoms with E-state index < -0.39 is 4.92 Å². The molecule has 0 saturated carbocycles. The summed E-state index contributed by atoms with van der Waals surface area (Å²) in [5.41, 5.74) is 1.20. The second kappa shape index (κ2) is 6.21. The quantitative estimate of drug-likeness (QED) is 0.227. The van der Waals surface area contributed by atoms with Crippen LogP contribution in [0.5, 0.6) is 5.75 Å². The summed E-state index contributed by atoms with van der Waals surface area (Å²) in [6.07, 6.45) is 1.63. The summed E-state index contributed by atoms with van der Waals surface area (Å²) in [6, 6.07) is 4.62. The Morgan fingerprint density at radius 1 is 1.43 bits per heavy atom. The molecule has 2 aromatic heterocycles. The van der Waals surface area contributed by atoms with E-state index in [9.17, 15) is 10.1 Å². The molecule has 0 N–H and O–H groups in total. The van der Waals surface area contributed by atoms with Crippen molar-refractivity contribution in [3.05, 3.63) is 47.8 Å². The molecule has 0 atom stereocenters. The van der Waals surface area contributed by atoms with Crippen molar-refractivity contribution in [2.24, 2.45) is 0 Å². The summed E-state index contributed by atoms with van der Waals surface area (Å²) < 4.78 is 7.99. The first-order chi connectivity index (χ1) is 10.9. The molecule has 0 unspecified atom stereocenters. The van der Waals surface area contributed by atoms with Gasteiger partial charge >= 0.3 is 0 Å². The molecule has 0 aliphatic rings. The van der Waals surface area contributed by atoms with Crippen molar-refractivity contribution in [1.29, 1.82) is 0 Å². The van der Waals surface area contributed by atoms with Crippen molar-refractivity contribution in [2.75, 3.05) is 7.11 Å². The zero-order valence-electron chi connectivity index (χ0n) is 11.5. The van der Waals surface area contributed by atoms with E-state index in [-0.39, 0.29) is 5.69 Å². The minimum atomic E-state index is -0.484. The third-order valence-corrected chi connectivity index (χ3v) is 4.80. The smallest absolute Gasteiger partial charge is 0.287 e. The molecule has 118 valence electrons. The SMILES string of the molecule is COc1cc([N+](=O)[O-])c(Br)cc1-n1nc(I)c2cnc(Cl)cc21. The lowest BCUT2D eigenvalue weighted by Crippen LogP contribution is -2.02. The van der Waals surface area contributed by atoms with Gasteiger partial charge < -0.3 is 4.74 Å². The largest absolute Gasteiger partial charge is 0.494 e. The molecule has 1 aromatic carbocycles. The minimum absolute atomic E-state index is 0.0866. The molecule has 0 spiro atoms. The van der Waals surface area contributed by atoms with Crippen molar-refractivity contribution in [3.8, 4) is 11.4 Å². The molecule has 7 nitrogen and oxygen atoms in total. The average Bonchev–Trinajstić information content (AvgIpc) is 2.82. The highest BCUT2D eigenvalue weighted by Gasteiger charge is 2.21. The predicted molar refractivity (Wildman–Crippen MR) is 97.5 cm³/mol. The van der Waals surface area contributed by atoms with Crippen LogP contribution >= 0.6 is 50.1 Å². The fourth-order valence-corrected chi connectivity index (χ4v) is 3.39. The number of fused-ring (bicyclic) bond motifs is 1. The first kappa shape index (κ1) is 16.4. The third-order valence-electron chi connectivity index (χ3n) is 3.16. The number of halogens is 3. The Morgan fingerprint density at radius 2 is 2.17 bits per heavy atom. The number of nitro groups is 1. The van der Waals surface area contributed by atoms with Crippen LogP contribution in [-0.4, -0.2) is 26.8 Å². The van der Waals surface area contributed by atoms with Gasteiger partial charge in [-0.1, -0.05) is 11.6 Å². The van der Waals surface area contributed by atoms with Crippen molar-refractivity contribution in [3.63, 3.8) is 0 Å². The van der Waals surface area contributed by atoms with E-state index in [0.717, 1.165) is 14.6 Å². The second-order valence-electron chi connectivity index (χ2n) is 4.46. The number of nitro benzene ring substituents is 1. The van der Waals surface area contributed by atoms with Gasteiger partial charge in [0.25, 0.3) is 5.69 Å². The maximum absolute atomic E-state index is 11.1. The van der Waals surface area contributed by atoms with E-state index in [1.165, 1.54) is 13.2 Å². The molecular formula is C13H7BrClIN4O3. The van der Waals surface area contributed by atoms with Gasteiger partial charge in [-0.25, -0.2) is 9.67 Å². The molecule has 23 heavy (non-hydrogen) atoms. The number of hydrogen-bond donors (Lipinski definition) is 0. The normalized spacial score (nSPS) is 11.0. The highest BCUT2D eigenvalue weighted by molar-refractivity contribution is 14.1.